The molecule has 1 aliphatic carbocycles. The van der Waals surface area contributed by atoms with E-state index < -0.39 is 11.6 Å². The maximum absolute atomic E-state index is 12.0. The second-order valence-corrected chi connectivity index (χ2v) is 4.41. The second-order valence-electron chi connectivity index (χ2n) is 4.41. The maximum Gasteiger partial charge on any atom is 0.187 e. The van der Waals surface area contributed by atoms with Gasteiger partial charge in [0.15, 0.2) is 11.5 Å². The summed E-state index contributed by atoms with van der Waals surface area (Å²) in [5.41, 5.74) is 6.06. The molecule has 17 heavy (non-hydrogen) atoms. The lowest BCUT2D eigenvalue weighted by atomic mass is 9.75. The molecule has 0 amide bonds. The monoisotopic (exact) mass is 230 g/mol. The zero-order chi connectivity index (χ0) is 12.5. The molecular formula is C13H14N2O2. The van der Waals surface area contributed by atoms with Crippen molar-refractivity contribution in [3.05, 3.63) is 41.2 Å². The first-order chi connectivity index (χ1) is 8.08. The Labute approximate surface area is 99.9 Å². The van der Waals surface area contributed by atoms with Gasteiger partial charge in [-0.1, -0.05) is 24.3 Å². The summed E-state index contributed by atoms with van der Waals surface area (Å²) in [7, 11) is 0. The first-order valence-corrected chi connectivity index (χ1v) is 5.57. The molecule has 88 valence electrons. The Morgan fingerprint density at radius 1 is 1.53 bits per heavy atom. The molecule has 0 radical (unpaired) electrons. The van der Waals surface area contributed by atoms with Crippen molar-refractivity contribution >= 4 is 11.5 Å². The molecule has 1 saturated carbocycles. The highest BCUT2D eigenvalue weighted by Crippen LogP contribution is 2.33. The van der Waals surface area contributed by atoms with Crippen LogP contribution in [0.15, 0.2) is 24.3 Å². The average Bonchev–Trinajstić information content (AvgIpc) is 2.36. The zero-order valence-electron chi connectivity index (χ0n) is 9.39. The van der Waals surface area contributed by atoms with Gasteiger partial charge in [-0.15, -0.1) is 0 Å². The van der Waals surface area contributed by atoms with Gasteiger partial charge in [-0.05, 0) is 24.8 Å². The molecule has 1 aliphatic rings. The number of aliphatic hydroxyl groups excluding tert-OH is 1. The van der Waals surface area contributed by atoms with Crippen LogP contribution in [0.25, 0.3) is 4.85 Å². The van der Waals surface area contributed by atoms with Crippen molar-refractivity contribution in [2.24, 2.45) is 5.73 Å². The fraction of sp³-hybridized carbons (Fsp3) is 0.385. The van der Waals surface area contributed by atoms with Crippen molar-refractivity contribution in [3.63, 3.8) is 0 Å². The summed E-state index contributed by atoms with van der Waals surface area (Å²) in [4.78, 5) is 15.3. The van der Waals surface area contributed by atoms with E-state index in [-0.39, 0.29) is 5.78 Å². The summed E-state index contributed by atoms with van der Waals surface area (Å²) < 4.78 is 0. The standard InChI is InChI=1S/C13H14N2O2/c1-15-10-5-2-4-9(8-10)13(14)7-3-6-11(16)12(13)17/h2,4-5,8,11,16H,3,6-7,14H2. The summed E-state index contributed by atoms with van der Waals surface area (Å²) in [6, 6.07) is 6.75. The van der Waals surface area contributed by atoms with Gasteiger partial charge in [0.1, 0.15) is 11.6 Å². The molecule has 1 fully saturated rings. The van der Waals surface area contributed by atoms with Gasteiger partial charge < -0.3 is 10.8 Å². The summed E-state index contributed by atoms with van der Waals surface area (Å²) in [6.07, 6.45) is 0.723. The Kier molecular flexibility index (Phi) is 2.97. The molecule has 2 rings (SSSR count). The normalized spacial score (nSPS) is 28.8. The number of benzene rings is 1. The van der Waals surface area contributed by atoms with Gasteiger partial charge in [-0.25, -0.2) is 4.85 Å². The third kappa shape index (κ3) is 1.95. The van der Waals surface area contributed by atoms with Crippen molar-refractivity contribution in [1.82, 2.24) is 0 Å². The average molecular weight is 230 g/mol. The fourth-order valence-electron chi connectivity index (χ4n) is 2.27. The first kappa shape index (κ1) is 11.8. The minimum absolute atomic E-state index is 0.342. The van der Waals surface area contributed by atoms with Crippen LogP contribution in [-0.2, 0) is 10.3 Å². The van der Waals surface area contributed by atoms with Gasteiger partial charge >= 0.3 is 0 Å². The minimum atomic E-state index is -1.14. The van der Waals surface area contributed by atoms with E-state index in [0.29, 0.717) is 30.5 Å². The van der Waals surface area contributed by atoms with Crippen LogP contribution >= 0.6 is 0 Å². The number of hydrogen-bond donors (Lipinski definition) is 2. The van der Waals surface area contributed by atoms with Crippen LogP contribution in [0, 0.1) is 6.57 Å². The van der Waals surface area contributed by atoms with Gasteiger partial charge in [0, 0.05) is 0 Å². The van der Waals surface area contributed by atoms with E-state index >= 15 is 0 Å². The minimum Gasteiger partial charge on any atom is -0.385 e. The van der Waals surface area contributed by atoms with E-state index in [2.05, 4.69) is 4.85 Å². The van der Waals surface area contributed by atoms with Crippen LogP contribution in [0.3, 0.4) is 0 Å². The van der Waals surface area contributed by atoms with Gasteiger partial charge in [0.05, 0.1) is 6.57 Å². The highest BCUT2D eigenvalue weighted by Gasteiger charge is 2.42. The second kappa shape index (κ2) is 4.28. The Bertz CT molecular complexity index is 492. The summed E-state index contributed by atoms with van der Waals surface area (Å²) >= 11 is 0. The fourth-order valence-corrected chi connectivity index (χ4v) is 2.27. The predicted octanol–water partition coefficient (Wildman–Crippen LogP) is 1.51. The largest absolute Gasteiger partial charge is 0.385 e. The Morgan fingerprint density at radius 2 is 2.29 bits per heavy atom. The van der Waals surface area contributed by atoms with E-state index in [0.717, 1.165) is 0 Å². The molecule has 1 aromatic rings. The predicted molar refractivity (Wildman–Crippen MR) is 63.4 cm³/mol. The Hall–Kier alpha value is -1.70. The van der Waals surface area contributed by atoms with Crippen molar-refractivity contribution in [2.75, 3.05) is 0 Å². The SMILES string of the molecule is [C-]#[N+]c1cccc(C2(N)CCCC(O)C2=O)c1. The van der Waals surface area contributed by atoms with Crippen molar-refractivity contribution in [2.45, 2.75) is 30.9 Å². The molecule has 0 heterocycles. The smallest absolute Gasteiger partial charge is 0.187 e. The number of nitrogens with zero attached hydrogens (tertiary/aromatic N) is 1. The highest BCUT2D eigenvalue weighted by molar-refractivity contribution is 5.93. The van der Waals surface area contributed by atoms with E-state index in [1.165, 1.54) is 0 Å². The topological polar surface area (TPSA) is 67.7 Å². The van der Waals surface area contributed by atoms with Crippen molar-refractivity contribution in [3.8, 4) is 0 Å². The molecule has 0 aliphatic heterocycles. The maximum atomic E-state index is 12.0. The summed E-state index contributed by atoms with van der Waals surface area (Å²) in [6.45, 7) is 6.96. The molecule has 0 saturated heterocycles. The van der Waals surface area contributed by atoms with Crippen LogP contribution in [-0.4, -0.2) is 17.0 Å². The van der Waals surface area contributed by atoms with E-state index in [1.54, 1.807) is 24.3 Å². The van der Waals surface area contributed by atoms with Gasteiger partial charge in [-0.3, -0.25) is 4.79 Å². The third-order valence-electron chi connectivity index (χ3n) is 3.28. The Morgan fingerprint density at radius 3 is 3.00 bits per heavy atom. The van der Waals surface area contributed by atoms with E-state index in [9.17, 15) is 9.90 Å². The lowest BCUT2D eigenvalue weighted by Crippen LogP contribution is -2.52. The number of carbonyl (C=O) groups excluding carboxylic acids is 1. The van der Waals surface area contributed by atoms with Crippen molar-refractivity contribution in [1.29, 1.82) is 0 Å². The van der Waals surface area contributed by atoms with E-state index in [4.69, 9.17) is 12.3 Å². The summed E-state index contributed by atoms with van der Waals surface area (Å²) in [5.74, 6) is -0.342. The van der Waals surface area contributed by atoms with Crippen LogP contribution in [0.5, 0.6) is 0 Å². The molecule has 0 spiro atoms. The van der Waals surface area contributed by atoms with Gasteiger partial charge in [0.25, 0.3) is 0 Å². The van der Waals surface area contributed by atoms with Crippen molar-refractivity contribution < 1.29 is 9.90 Å². The van der Waals surface area contributed by atoms with Crippen LogP contribution < -0.4 is 5.73 Å². The van der Waals surface area contributed by atoms with Crippen LogP contribution in [0.1, 0.15) is 24.8 Å². The van der Waals surface area contributed by atoms with Crippen LogP contribution in [0.4, 0.5) is 5.69 Å². The number of ketones is 1. The van der Waals surface area contributed by atoms with Gasteiger partial charge in [0.2, 0.25) is 0 Å². The number of carbonyl (C=O) groups is 1. The number of rotatable bonds is 1. The van der Waals surface area contributed by atoms with Crippen LogP contribution in [0.2, 0.25) is 0 Å². The van der Waals surface area contributed by atoms with E-state index in [1.807, 2.05) is 0 Å². The third-order valence-corrected chi connectivity index (χ3v) is 3.28. The molecule has 4 heteroatoms. The quantitative estimate of drug-likeness (QED) is 0.718. The molecule has 3 N–H and O–H groups in total. The molecule has 0 bridgehead atoms. The number of aliphatic hydroxyl groups is 1. The molecule has 1 aromatic carbocycles. The molecule has 0 aromatic heterocycles. The molecular weight excluding hydrogens is 216 g/mol. The first-order valence-electron chi connectivity index (χ1n) is 5.57. The highest BCUT2D eigenvalue weighted by atomic mass is 16.3. The zero-order valence-corrected chi connectivity index (χ0v) is 9.39. The molecule has 4 nitrogen and oxygen atoms in total. The molecule has 2 unspecified atom stereocenters. The Balaban J connectivity index is 2.43. The number of nitrogens with two attached hydrogens (primary N) is 1. The lowest BCUT2D eigenvalue weighted by molar-refractivity contribution is -0.136. The molecule has 2 atom stereocenters. The van der Waals surface area contributed by atoms with Gasteiger partial charge in [-0.2, -0.15) is 0 Å². The lowest BCUT2D eigenvalue weighted by Gasteiger charge is -2.35. The number of Topliss-reactive ketones (excluding diaryl/α,β-unsaturated/α-hetero) is 1. The summed E-state index contributed by atoms with van der Waals surface area (Å²) in [5, 5.41) is 9.61. The number of hydrogen-bond acceptors (Lipinski definition) is 3.